The number of aliphatic imine (C=N–C) groups is 1. The van der Waals surface area contributed by atoms with Gasteiger partial charge in [-0.3, -0.25) is 4.79 Å². The largest absolute Gasteiger partial charge is 0.389 e. The summed E-state index contributed by atoms with van der Waals surface area (Å²) in [4.78, 5) is 20.7. The van der Waals surface area contributed by atoms with E-state index in [4.69, 9.17) is 17.3 Å². The third kappa shape index (κ3) is 4.02. The zero-order valence-electron chi connectivity index (χ0n) is 15.6. The number of halogens is 2. The van der Waals surface area contributed by atoms with Gasteiger partial charge in [0.05, 0.1) is 0 Å². The fraction of sp³-hybridized carbons (Fsp3) is 0.238. The Balaban J connectivity index is 1.93. The van der Waals surface area contributed by atoms with Crippen LogP contribution in [0.2, 0.25) is 0 Å². The predicted octanol–water partition coefficient (Wildman–Crippen LogP) is 1.70. The van der Waals surface area contributed by atoms with E-state index >= 15 is 0 Å². The van der Waals surface area contributed by atoms with Crippen molar-refractivity contribution in [3.63, 3.8) is 0 Å². The molecule has 1 amide bonds. The molecule has 1 aliphatic heterocycles. The molecule has 0 radical (unpaired) electrons. The Bertz CT molecular complexity index is 1000. The number of nitrogens with zero attached hydrogens (tertiary/aromatic N) is 3. The van der Waals surface area contributed by atoms with Crippen molar-refractivity contribution < 1.29 is 9.18 Å². The number of hydrogen-bond acceptors (Lipinski definition) is 4. The Hall–Kier alpha value is -2.86. The quantitative estimate of drug-likeness (QED) is 0.630. The van der Waals surface area contributed by atoms with Gasteiger partial charge in [-0.25, -0.2) is 9.38 Å². The first kappa shape index (κ1) is 19.9. The van der Waals surface area contributed by atoms with Crippen molar-refractivity contribution >= 4 is 35.2 Å². The summed E-state index contributed by atoms with van der Waals surface area (Å²) in [6.07, 6.45) is 0. The van der Waals surface area contributed by atoms with Crippen LogP contribution in [0.5, 0.6) is 0 Å². The lowest BCUT2D eigenvalue weighted by Crippen LogP contribution is -2.54. The topological polar surface area (TPSA) is 61.9 Å². The van der Waals surface area contributed by atoms with Gasteiger partial charge in [-0.15, -0.1) is 0 Å². The second-order valence-corrected chi connectivity index (χ2v) is 7.09. The Morgan fingerprint density at radius 3 is 2.54 bits per heavy atom. The van der Waals surface area contributed by atoms with E-state index in [9.17, 15) is 9.18 Å². The highest BCUT2D eigenvalue weighted by Gasteiger charge is 2.29. The van der Waals surface area contributed by atoms with E-state index in [0.29, 0.717) is 41.5 Å². The number of hydrogen-bond donors (Lipinski definition) is 1. The van der Waals surface area contributed by atoms with Crippen LogP contribution >= 0.6 is 11.6 Å². The average molecular weight is 401 g/mol. The molecule has 0 aliphatic carbocycles. The molecule has 1 heterocycles. The third-order valence-electron chi connectivity index (χ3n) is 4.84. The van der Waals surface area contributed by atoms with Crippen LogP contribution in [0.4, 0.5) is 4.39 Å². The number of amides is 1. The lowest BCUT2D eigenvalue weighted by atomic mass is 10.1. The Kier molecular flexibility index (Phi) is 5.99. The summed E-state index contributed by atoms with van der Waals surface area (Å²) in [5.41, 5.74) is 6.41. The molecule has 3 rings (SSSR count). The Labute approximate surface area is 168 Å². The fourth-order valence-corrected chi connectivity index (χ4v) is 3.63. The molecular weight excluding hydrogens is 379 g/mol. The lowest BCUT2D eigenvalue weighted by Gasteiger charge is -2.41. The minimum absolute atomic E-state index is 0.00866. The summed E-state index contributed by atoms with van der Waals surface area (Å²) < 4.78 is 13.9. The van der Waals surface area contributed by atoms with Crippen LogP contribution in [0.25, 0.3) is 11.0 Å². The van der Waals surface area contributed by atoms with Gasteiger partial charge in [0.1, 0.15) is 16.8 Å². The monoisotopic (exact) mass is 400 g/mol. The molecule has 5 nitrogen and oxygen atoms in total. The van der Waals surface area contributed by atoms with Gasteiger partial charge in [-0.2, -0.15) is 0 Å². The number of carbonyl (C=O) groups excluding carboxylic acids is 1. The van der Waals surface area contributed by atoms with E-state index in [0.717, 1.165) is 0 Å². The number of nitrogens with two attached hydrogens (primary N) is 1. The van der Waals surface area contributed by atoms with Crippen molar-refractivity contribution in [2.45, 2.75) is 13.0 Å². The summed E-state index contributed by atoms with van der Waals surface area (Å²) in [5.74, 6) is 0.0751. The number of piperazine rings is 1. The highest BCUT2D eigenvalue weighted by atomic mass is 35.5. The number of carbonyl (C=O) groups is 1. The van der Waals surface area contributed by atoms with Crippen LogP contribution < -0.4 is 16.2 Å². The van der Waals surface area contributed by atoms with Crippen molar-refractivity contribution in [1.29, 1.82) is 0 Å². The first-order chi connectivity index (χ1) is 13.4. The third-order valence-corrected chi connectivity index (χ3v) is 5.04. The molecule has 0 saturated carbocycles. The van der Waals surface area contributed by atoms with Crippen LogP contribution in [0.3, 0.4) is 0 Å². The van der Waals surface area contributed by atoms with Gasteiger partial charge in [-0.1, -0.05) is 29.8 Å². The summed E-state index contributed by atoms with van der Waals surface area (Å²) in [6.45, 7) is 7.20. The molecule has 0 bridgehead atoms. The zero-order valence-corrected chi connectivity index (χ0v) is 16.4. The van der Waals surface area contributed by atoms with E-state index in [1.807, 2.05) is 47.1 Å². The van der Waals surface area contributed by atoms with Crippen molar-refractivity contribution in [2.75, 3.05) is 19.6 Å². The van der Waals surface area contributed by atoms with Gasteiger partial charge < -0.3 is 15.5 Å². The molecular formula is C21H22ClFN4O. The highest BCUT2D eigenvalue weighted by molar-refractivity contribution is 6.44. The second-order valence-electron chi connectivity index (χ2n) is 6.68. The summed E-state index contributed by atoms with van der Waals surface area (Å²) in [7, 11) is 0. The smallest absolute Gasteiger partial charge is 0.254 e. The van der Waals surface area contributed by atoms with E-state index in [2.05, 4.69) is 11.7 Å². The zero-order chi connectivity index (χ0) is 20.3. The number of rotatable bonds is 3. The average Bonchev–Trinajstić information content (AvgIpc) is 2.69. The molecule has 146 valence electrons. The maximum Gasteiger partial charge on any atom is 0.254 e. The SMILES string of the molecule is C=N/C(=c1/cc(F)cc/c1=C(/N)Cl)N1CCN(C(=O)c2ccccc2)[C@@H](C)C1. The Morgan fingerprint density at radius 2 is 1.93 bits per heavy atom. The maximum absolute atomic E-state index is 13.9. The maximum atomic E-state index is 13.9. The summed E-state index contributed by atoms with van der Waals surface area (Å²) in [6, 6.07) is 13.3. The van der Waals surface area contributed by atoms with Gasteiger partial charge in [0.25, 0.3) is 5.91 Å². The van der Waals surface area contributed by atoms with Gasteiger partial charge >= 0.3 is 0 Å². The normalized spacial score (nSPS) is 19.2. The van der Waals surface area contributed by atoms with E-state index in [1.165, 1.54) is 18.2 Å². The van der Waals surface area contributed by atoms with Gasteiger partial charge in [-0.05, 0) is 44.0 Å². The number of benzene rings is 2. The molecule has 2 N–H and O–H groups in total. The summed E-state index contributed by atoms with van der Waals surface area (Å²) >= 11 is 5.99. The minimum atomic E-state index is -0.413. The van der Waals surface area contributed by atoms with Crippen LogP contribution in [0, 0.1) is 5.82 Å². The van der Waals surface area contributed by atoms with Gasteiger partial charge in [0, 0.05) is 41.7 Å². The van der Waals surface area contributed by atoms with E-state index in [-0.39, 0.29) is 17.1 Å². The molecule has 1 fully saturated rings. The molecule has 0 aromatic heterocycles. The van der Waals surface area contributed by atoms with Crippen LogP contribution in [0.1, 0.15) is 17.3 Å². The highest BCUT2D eigenvalue weighted by Crippen LogP contribution is 2.18. The van der Waals surface area contributed by atoms with Crippen molar-refractivity contribution in [3.05, 3.63) is 70.3 Å². The molecule has 2 aromatic rings. The predicted molar refractivity (Wildman–Crippen MR) is 111 cm³/mol. The van der Waals surface area contributed by atoms with Crippen molar-refractivity contribution in [2.24, 2.45) is 10.7 Å². The van der Waals surface area contributed by atoms with Crippen LogP contribution in [-0.4, -0.2) is 48.1 Å². The standard InChI is InChI=1S/C21H22ClFN4O/c1-14-13-26(10-11-27(14)21(28)15-6-4-3-5-7-15)20(25-2)18-12-16(23)8-9-17(18)19(22)24/h3-9,12,14H,2,10-11,13,24H2,1H3/b19-17-,20-18+/t14-/m0/s1. The molecule has 1 saturated heterocycles. The molecule has 2 aromatic carbocycles. The van der Waals surface area contributed by atoms with E-state index in [1.54, 1.807) is 0 Å². The van der Waals surface area contributed by atoms with Crippen LogP contribution in [-0.2, 0) is 0 Å². The molecule has 28 heavy (non-hydrogen) atoms. The van der Waals surface area contributed by atoms with Gasteiger partial charge in [0.2, 0.25) is 0 Å². The molecule has 0 unspecified atom stereocenters. The molecule has 0 spiro atoms. The van der Waals surface area contributed by atoms with Crippen LogP contribution in [0.15, 0.2) is 53.5 Å². The Morgan fingerprint density at radius 1 is 1.21 bits per heavy atom. The van der Waals surface area contributed by atoms with Crippen molar-refractivity contribution in [3.8, 4) is 0 Å². The fourth-order valence-electron chi connectivity index (χ4n) is 3.46. The first-order valence-corrected chi connectivity index (χ1v) is 9.33. The van der Waals surface area contributed by atoms with Crippen molar-refractivity contribution in [1.82, 2.24) is 9.80 Å². The van der Waals surface area contributed by atoms with E-state index < -0.39 is 5.82 Å². The minimum Gasteiger partial charge on any atom is -0.389 e. The lowest BCUT2D eigenvalue weighted by molar-refractivity contribution is 0.0567. The molecule has 7 heteroatoms. The molecule has 1 aliphatic rings. The summed E-state index contributed by atoms with van der Waals surface area (Å²) in [5, 5.41) is 1.04. The van der Waals surface area contributed by atoms with Gasteiger partial charge in [0.15, 0.2) is 0 Å². The first-order valence-electron chi connectivity index (χ1n) is 8.95. The second kappa shape index (κ2) is 8.44. The molecule has 1 atom stereocenters.